The number of nitrogens with two attached hydrogens (primary N) is 1. The average molecular weight is 153 g/mol. The highest BCUT2D eigenvalue weighted by Crippen LogP contribution is 2.22. The summed E-state index contributed by atoms with van der Waals surface area (Å²) in [6.07, 6.45) is -0.163. The molecule has 0 saturated carbocycles. The molecule has 60 valence electrons. The molecule has 0 atom stereocenters. The summed E-state index contributed by atoms with van der Waals surface area (Å²) in [5, 5.41) is 0. The van der Waals surface area contributed by atoms with E-state index in [0.29, 0.717) is 5.56 Å². The molecule has 0 fully saturated rings. The first-order valence-electron chi connectivity index (χ1n) is 4.99. The summed E-state index contributed by atoms with van der Waals surface area (Å²) in [6.45, 7) is 5.66. The van der Waals surface area contributed by atoms with E-state index in [-0.39, 0.29) is 29.5 Å². The molecule has 2 heteroatoms. The van der Waals surface area contributed by atoms with Crippen LogP contribution in [0.3, 0.4) is 0 Å². The van der Waals surface area contributed by atoms with Crippen LogP contribution in [0, 0.1) is 0 Å². The Bertz CT molecular complexity index is 343. The number of anilines is 1. The van der Waals surface area contributed by atoms with E-state index in [9.17, 15) is 0 Å². The molecular formula is C9H14N2. The van der Waals surface area contributed by atoms with Crippen molar-refractivity contribution in [2.75, 3.05) is 5.73 Å². The summed E-state index contributed by atoms with van der Waals surface area (Å²) in [5.41, 5.74) is 5.61. The van der Waals surface area contributed by atoms with E-state index in [1.165, 1.54) is 0 Å². The van der Waals surface area contributed by atoms with Crippen molar-refractivity contribution in [3.05, 3.63) is 23.8 Å². The van der Waals surface area contributed by atoms with Crippen molar-refractivity contribution in [3.8, 4) is 0 Å². The van der Waals surface area contributed by atoms with Gasteiger partial charge >= 0.3 is 0 Å². The maximum atomic E-state index is 7.70. The number of pyridine rings is 1. The fourth-order valence-corrected chi connectivity index (χ4v) is 0.706. The molecule has 2 nitrogen and oxygen atoms in total. The van der Waals surface area contributed by atoms with Gasteiger partial charge in [-0.05, 0) is 23.1 Å². The van der Waals surface area contributed by atoms with Crippen molar-refractivity contribution >= 4 is 5.82 Å². The minimum Gasteiger partial charge on any atom is -0.384 e. The molecule has 0 bridgehead atoms. The average Bonchev–Trinajstić information content (AvgIpc) is 1.98. The molecule has 1 aromatic rings. The summed E-state index contributed by atoms with van der Waals surface area (Å²) in [4.78, 5) is 3.62. The van der Waals surface area contributed by atoms with Gasteiger partial charge < -0.3 is 5.73 Å². The lowest BCUT2D eigenvalue weighted by Gasteiger charge is -2.18. The Kier molecular flexibility index (Phi) is 1.09. The number of aromatic nitrogens is 1. The third-order valence-electron chi connectivity index (χ3n) is 1.36. The number of nitrogens with zero attached hydrogens (tertiary/aromatic N) is 1. The standard InChI is InChI=1S/C9H14N2/c1-9(2,3)7-4-5-11-8(10)6-7/h4-6H,1-3H3,(H2,10,11)/i4D,5D,6D. The van der Waals surface area contributed by atoms with Gasteiger partial charge in [-0.3, -0.25) is 0 Å². The SMILES string of the molecule is [2H]c1nc(N)c([2H])c(C(C)(C)C)c1[2H]. The van der Waals surface area contributed by atoms with Gasteiger partial charge in [0.15, 0.2) is 0 Å². The predicted molar refractivity (Wildman–Crippen MR) is 47.3 cm³/mol. The van der Waals surface area contributed by atoms with E-state index >= 15 is 0 Å². The van der Waals surface area contributed by atoms with E-state index in [2.05, 4.69) is 4.98 Å². The third-order valence-corrected chi connectivity index (χ3v) is 1.36. The van der Waals surface area contributed by atoms with E-state index in [1.54, 1.807) is 0 Å². The molecule has 0 amide bonds. The molecule has 0 unspecified atom stereocenters. The fraction of sp³-hybridized carbons (Fsp3) is 0.444. The maximum absolute atomic E-state index is 7.70. The summed E-state index contributed by atoms with van der Waals surface area (Å²) >= 11 is 0. The lowest BCUT2D eigenvalue weighted by atomic mass is 9.88. The van der Waals surface area contributed by atoms with Gasteiger partial charge in [-0.15, -0.1) is 0 Å². The molecular weight excluding hydrogens is 136 g/mol. The van der Waals surface area contributed by atoms with Gasteiger partial charge in [0.25, 0.3) is 0 Å². The number of nitrogen functional groups attached to an aromatic ring is 1. The molecule has 1 heterocycles. The minimum absolute atomic E-state index is 0.00306. The second-order valence-corrected chi connectivity index (χ2v) is 3.48. The maximum Gasteiger partial charge on any atom is 0.123 e. The van der Waals surface area contributed by atoms with Crippen LogP contribution in [0.25, 0.3) is 0 Å². The first-order chi connectivity index (χ1) is 6.25. The fourth-order valence-electron chi connectivity index (χ4n) is 0.706. The van der Waals surface area contributed by atoms with Crippen molar-refractivity contribution in [2.45, 2.75) is 26.2 Å². The van der Waals surface area contributed by atoms with Crippen molar-refractivity contribution in [2.24, 2.45) is 0 Å². The lowest BCUT2D eigenvalue weighted by molar-refractivity contribution is 0.589. The van der Waals surface area contributed by atoms with Crippen LogP contribution in [0.1, 0.15) is 30.4 Å². The number of rotatable bonds is 0. The zero-order chi connectivity index (χ0) is 11.1. The second-order valence-electron chi connectivity index (χ2n) is 3.48. The molecule has 0 saturated heterocycles. The van der Waals surface area contributed by atoms with Crippen LogP contribution in [-0.4, -0.2) is 4.98 Å². The molecule has 2 N–H and O–H groups in total. The molecule has 1 aromatic heterocycles. The monoisotopic (exact) mass is 153 g/mol. The summed E-state index contributed by atoms with van der Waals surface area (Å²) in [6, 6.07) is 0.0650. The van der Waals surface area contributed by atoms with E-state index in [0.717, 1.165) is 0 Å². The van der Waals surface area contributed by atoms with Gasteiger partial charge in [0, 0.05) is 6.17 Å². The van der Waals surface area contributed by atoms with Crippen LogP contribution in [-0.2, 0) is 5.41 Å². The Morgan fingerprint density at radius 3 is 2.73 bits per heavy atom. The van der Waals surface area contributed by atoms with Crippen LogP contribution in [0.4, 0.5) is 5.82 Å². The highest BCUT2D eigenvalue weighted by atomic mass is 14.8. The van der Waals surface area contributed by atoms with E-state index < -0.39 is 0 Å². The second kappa shape index (κ2) is 2.53. The van der Waals surface area contributed by atoms with E-state index in [1.807, 2.05) is 20.8 Å². The molecule has 11 heavy (non-hydrogen) atoms. The third kappa shape index (κ3) is 1.93. The van der Waals surface area contributed by atoms with Crippen LogP contribution in [0.5, 0.6) is 0 Å². The lowest BCUT2D eigenvalue weighted by Crippen LogP contribution is -2.11. The Hall–Kier alpha value is -1.05. The van der Waals surface area contributed by atoms with Crippen molar-refractivity contribution in [3.63, 3.8) is 0 Å². The summed E-state index contributed by atoms with van der Waals surface area (Å²) in [7, 11) is 0. The molecule has 0 spiro atoms. The van der Waals surface area contributed by atoms with Crippen molar-refractivity contribution in [1.29, 1.82) is 0 Å². The van der Waals surface area contributed by atoms with Gasteiger partial charge in [-0.2, -0.15) is 0 Å². The van der Waals surface area contributed by atoms with Gasteiger partial charge in [0.2, 0.25) is 0 Å². The van der Waals surface area contributed by atoms with Crippen LogP contribution in [0.2, 0.25) is 0 Å². The largest absolute Gasteiger partial charge is 0.384 e. The Morgan fingerprint density at radius 1 is 1.55 bits per heavy atom. The Morgan fingerprint density at radius 2 is 2.18 bits per heavy atom. The molecule has 1 rings (SSSR count). The van der Waals surface area contributed by atoms with Crippen LogP contribution < -0.4 is 5.73 Å². The van der Waals surface area contributed by atoms with Gasteiger partial charge in [0.05, 0.1) is 4.11 Å². The Balaban J connectivity index is 3.56. The first kappa shape index (κ1) is 4.75. The highest BCUT2D eigenvalue weighted by molar-refractivity contribution is 5.35. The Labute approximate surface area is 71.7 Å². The highest BCUT2D eigenvalue weighted by Gasteiger charge is 2.12. The van der Waals surface area contributed by atoms with Crippen LogP contribution >= 0.6 is 0 Å². The van der Waals surface area contributed by atoms with Gasteiger partial charge in [-0.1, -0.05) is 20.8 Å². The minimum atomic E-state index is -0.360. The van der Waals surface area contributed by atoms with Gasteiger partial charge in [0.1, 0.15) is 5.82 Å². The van der Waals surface area contributed by atoms with Crippen LogP contribution in [0.15, 0.2) is 18.3 Å². The first-order valence-corrected chi connectivity index (χ1v) is 3.49. The summed E-state index contributed by atoms with van der Waals surface area (Å²) < 4.78 is 22.8. The van der Waals surface area contributed by atoms with E-state index in [4.69, 9.17) is 9.85 Å². The molecule has 0 radical (unpaired) electrons. The quantitative estimate of drug-likeness (QED) is 0.618. The normalized spacial score (nSPS) is 15.4. The molecule has 0 aliphatic rings. The van der Waals surface area contributed by atoms with Gasteiger partial charge in [-0.25, -0.2) is 4.98 Å². The number of hydrogen-bond acceptors (Lipinski definition) is 2. The predicted octanol–water partition coefficient (Wildman–Crippen LogP) is 1.96. The topological polar surface area (TPSA) is 38.9 Å². The van der Waals surface area contributed by atoms with Crippen molar-refractivity contribution in [1.82, 2.24) is 4.98 Å². The molecule has 0 aliphatic heterocycles. The molecule has 0 aromatic carbocycles. The van der Waals surface area contributed by atoms with Crippen molar-refractivity contribution < 1.29 is 4.11 Å². The molecule has 0 aliphatic carbocycles. The smallest absolute Gasteiger partial charge is 0.123 e. The summed E-state index contributed by atoms with van der Waals surface area (Å²) in [5.74, 6) is 0.0240. The zero-order valence-corrected chi connectivity index (χ0v) is 7.02. The zero-order valence-electron chi connectivity index (χ0n) is 10.0. The number of hydrogen-bond donors (Lipinski definition) is 1.